The first-order valence-corrected chi connectivity index (χ1v) is 12.8. The molecule has 1 aromatic carbocycles. The van der Waals surface area contributed by atoms with Crippen molar-refractivity contribution in [1.82, 2.24) is 4.90 Å². The Bertz CT molecular complexity index is 1110. The molecule has 6 atom stereocenters. The van der Waals surface area contributed by atoms with Crippen LogP contribution >= 0.6 is 19.4 Å². The molecule has 0 saturated carbocycles. The molecule has 2 fully saturated rings. The lowest BCUT2D eigenvalue weighted by molar-refractivity contribution is -0.151. The number of ether oxygens (including phenoxy) is 3. The number of alkyl halides is 1. The summed E-state index contributed by atoms with van der Waals surface area (Å²) < 4.78 is 60.7. The van der Waals surface area contributed by atoms with E-state index in [4.69, 9.17) is 34.6 Å². The van der Waals surface area contributed by atoms with Crippen molar-refractivity contribution < 1.29 is 51.1 Å². The number of ketones is 1. The Kier molecular flexibility index (Phi) is 7.84. The molecule has 0 unspecified atom stereocenters. The smallest absolute Gasteiger partial charge is 0.438 e. The van der Waals surface area contributed by atoms with E-state index in [1.54, 1.807) is 24.3 Å². The van der Waals surface area contributed by atoms with Crippen molar-refractivity contribution in [1.29, 1.82) is 0 Å². The first kappa shape index (κ1) is 26.7. The average Bonchev–Trinajstić information content (AvgIpc) is 3.07. The summed E-state index contributed by atoms with van der Waals surface area (Å²) in [5.41, 5.74) is -1.80. The van der Waals surface area contributed by atoms with Crippen molar-refractivity contribution in [3.05, 3.63) is 47.1 Å². The molecule has 36 heavy (non-hydrogen) atoms. The molecular weight excluding hydrogens is 524 g/mol. The number of hydrogen-bond donors (Lipinski definition) is 0. The monoisotopic (exact) mass is 547 g/mol. The summed E-state index contributed by atoms with van der Waals surface area (Å²) >= 11 is 6.03. The predicted octanol–water partition coefficient (Wildman–Crippen LogP) is 3.86. The van der Waals surface area contributed by atoms with Gasteiger partial charge in [0.25, 0.3) is 0 Å². The molecular formula is C22H24ClFNO10P. The number of rotatable bonds is 6. The van der Waals surface area contributed by atoms with Crippen LogP contribution in [0.3, 0.4) is 0 Å². The third kappa shape index (κ3) is 5.64. The highest BCUT2D eigenvalue weighted by Gasteiger charge is 2.60. The standard InChI is InChI=1S/C22H24ClFNO10P/c1-22(24)19(34-21(28)30-2)17(33-20(22)25-8-6-15(26)11-18(25)27)12-32-36(29)31-9-7-16(35-36)13-4-3-5-14(23)10-13/h3-6,8,10,16-17,19-20H,7,9,11-12H2,1-2H3/t16-,17+,19+,20+,22+,36+/m0/s1. The average molecular weight is 548 g/mol. The van der Waals surface area contributed by atoms with Crippen molar-refractivity contribution in [2.45, 2.75) is 50.0 Å². The van der Waals surface area contributed by atoms with E-state index in [-0.39, 0.29) is 6.61 Å². The summed E-state index contributed by atoms with van der Waals surface area (Å²) in [6.07, 6.45) is -4.27. The molecule has 2 saturated heterocycles. The van der Waals surface area contributed by atoms with Crippen LogP contribution in [0.25, 0.3) is 0 Å². The van der Waals surface area contributed by atoms with Gasteiger partial charge in [-0.3, -0.25) is 28.1 Å². The van der Waals surface area contributed by atoms with Gasteiger partial charge in [-0.25, -0.2) is 13.8 Å². The van der Waals surface area contributed by atoms with Crippen molar-refractivity contribution in [2.75, 3.05) is 20.3 Å². The fourth-order valence-corrected chi connectivity index (χ4v) is 5.71. The molecule has 14 heteroatoms. The van der Waals surface area contributed by atoms with Gasteiger partial charge in [-0.2, -0.15) is 0 Å². The van der Waals surface area contributed by atoms with Crippen molar-refractivity contribution in [3.63, 3.8) is 0 Å². The molecule has 0 spiro atoms. The lowest BCUT2D eigenvalue weighted by Gasteiger charge is -2.33. The molecule has 1 amide bonds. The summed E-state index contributed by atoms with van der Waals surface area (Å²) in [6, 6.07) is 6.81. The molecule has 0 N–H and O–H groups in total. The quantitative estimate of drug-likeness (QED) is 0.294. The Morgan fingerprint density at radius 3 is 2.83 bits per heavy atom. The molecule has 3 heterocycles. The zero-order valence-electron chi connectivity index (χ0n) is 19.3. The number of phosphoric acid groups is 1. The minimum Gasteiger partial charge on any atom is -0.438 e. The first-order chi connectivity index (χ1) is 17.0. The van der Waals surface area contributed by atoms with Gasteiger partial charge in [-0.1, -0.05) is 23.7 Å². The molecule has 3 aliphatic heterocycles. The number of carbonyl (C=O) groups is 3. The van der Waals surface area contributed by atoms with Crippen molar-refractivity contribution in [2.24, 2.45) is 0 Å². The van der Waals surface area contributed by atoms with Crippen LogP contribution in [-0.4, -0.2) is 67.2 Å². The third-order valence-corrected chi connectivity index (χ3v) is 7.57. The van der Waals surface area contributed by atoms with E-state index in [0.29, 0.717) is 17.0 Å². The van der Waals surface area contributed by atoms with Gasteiger partial charge in [0, 0.05) is 17.6 Å². The molecule has 196 valence electrons. The maximum Gasteiger partial charge on any atom is 0.508 e. The van der Waals surface area contributed by atoms with Gasteiger partial charge in [0.1, 0.15) is 6.10 Å². The number of carbonyl (C=O) groups excluding carboxylic acids is 3. The minimum absolute atomic E-state index is 0.0482. The number of benzene rings is 1. The topological polar surface area (TPSA) is 127 Å². The third-order valence-electron chi connectivity index (χ3n) is 5.86. The number of halogens is 2. The van der Waals surface area contributed by atoms with Gasteiger partial charge in [0.05, 0.1) is 32.8 Å². The van der Waals surface area contributed by atoms with Crippen LogP contribution in [0.15, 0.2) is 36.5 Å². The van der Waals surface area contributed by atoms with E-state index in [2.05, 4.69) is 4.74 Å². The van der Waals surface area contributed by atoms with E-state index in [0.717, 1.165) is 31.2 Å². The molecule has 0 bridgehead atoms. The lowest BCUT2D eigenvalue weighted by Crippen LogP contribution is -2.52. The van der Waals surface area contributed by atoms with Crippen molar-refractivity contribution in [3.8, 4) is 0 Å². The zero-order valence-corrected chi connectivity index (χ0v) is 21.0. The number of nitrogens with zero attached hydrogens (tertiary/aromatic N) is 1. The Hall–Kier alpha value is -2.34. The Morgan fingerprint density at radius 1 is 1.36 bits per heavy atom. The SMILES string of the molecule is COC(=O)O[C@@H]1[C@@H](CO[P@@]2(=O)OCC[C@@H](c3cccc(Cl)c3)O2)O[C@@H](N2C=CC(=O)CC2=O)[C@]1(C)F. The summed E-state index contributed by atoms with van der Waals surface area (Å²) in [5, 5.41) is 0.469. The second-order valence-electron chi connectivity index (χ2n) is 8.44. The highest BCUT2D eigenvalue weighted by atomic mass is 35.5. The maximum atomic E-state index is 16.0. The zero-order chi connectivity index (χ0) is 26.1. The lowest BCUT2D eigenvalue weighted by atomic mass is 9.97. The van der Waals surface area contributed by atoms with Crippen LogP contribution in [0.4, 0.5) is 9.18 Å². The van der Waals surface area contributed by atoms with Gasteiger partial charge >= 0.3 is 14.0 Å². The number of allylic oxidation sites excluding steroid dienone is 1. The Balaban J connectivity index is 1.51. The Morgan fingerprint density at radius 2 is 2.14 bits per heavy atom. The van der Waals surface area contributed by atoms with Gasteiger partial charge in [0.15, 0.2) is 23.8 Å². The van der Waals surface area contributed by atoms with E-state index >= 15 is 4.39 Å². The van der Waals surface area contributed by atoms with Gasteiger partial charge in [-0.15, -0.1) is 0 Å². The Labute approximate surface area is 211 Å². The van der Waals surface area contributed by atoms with E-state index < -0.39 is 68.9 Å². The predicted molar refractivity (Wildman–Crippen MR) is 120 cm³/mol. The molecule has 1 aromatic rings. The normalized spacial score (nSPS) is 34.6. The number of amides is 1. The molecule has 11 nitrogen and oxygen atoms in total. The molecule has 3 aliphatic rings. The highest BCUT2D eigenvalue weighted by molar-refractivity contribution is 7.48. The number of hydrogen-bond acceptors (Lipinski definition) is 10. The van der Waals surface area contributed by atoms with E-state index in [1.165, 1.54) is 0 Å². The van der Waals surface area contributed by atoms with Crippen LogP contribution in [0.1, 0.15) is 31.4 Å². The largest absolute Gasteiger partial charge is 0.508 e. The summed E-state index contributed by atoms with van der Waals surface area (Å²) in [5.74, 6) is -1.15. The maximum absolute atomic E-state index is 16.0. The first-order valence-electron chi connectivity index (χ1n) is 11.0. The van der Waals surface area contributed by atoms with E-state index in [1.807, 2.05) is 0 Å². The second-order valence-corrected chi connectivity index (χ2v) is 10.5. The highest BCUT2D eigenvalue weighted by Crippen LogP contribution is 2.57. The van der Waals surface area contributed by atoms with Gasteiger partial charge in [0.2, 0.25) is 5.91 Å². The van der Waals surface area contributed by atoms with Crippen LogP contribution < -0.4 is 0 Å². The number of phosphoric ester groups is 1. The second kappa shape index (κ2) is 10.6. The number of methoxy groups -OCH3 is 1. The summed E-state index contributed by atoms with van der Waals surface area (Å²) in [6.45, 7) is 0.530. The fraction of sp³-hybridized carbons (Fsp3) is 0.500. The minimum atomic E-state index is -4.14. The summed E-state index contributed by atoms with van der Waals surface area (Å²) in [7, 11) is -3.10. The van der Waals surface area contributed by atoms with Crippen LogP contribution in [0.2, 0.25) is 5.02 Å². The molecule has 0 radical (unpaired) electrons. The van der Waals surface area contributed by atoms with Gasteiger partial charge in [-0.05, 0) is 30.7 Å². The van der Waals surface area contributed by atoms with Crippen LogP contribution in [0, 0.1) is 0 Å². The fourth-order valence-electron chi connectivity index (χ4n) is 4.11. The van der Waals surface area contributed by atoms with Crippen molar-refractivity contribution >= 4 is 37.3 Å². The van der Waals surface area contributed by atoms with Crippen LogP contribution in [-0.2, 0) is 41.9 Å². The van der Waals surface area contributed by atoms with Crippen LogP contribution in [0.5, 0.6) is 0 Å². The molecule has 4 rings (SSSR count). The molecule has 0 aromatic heterocycles. The summed E-state index contributed by atoms with van der Waals surface area (Å²) in [4.78, 5) is 36.6. The molecule has 0 aliphatic carbocycles. The van der Waals surface area contributed by atoms with Gasteiger partial charge < -0.3 is 14.2 Å². The van der Waals surface area contributed by atoms with E-state index in [9.17, 15) is 18.9 Å².